The number of fused-ring (bicyclic) bond motifs is 1. The van der Waals surface area contributed by atoms with Crippen LogP contribution < -0.4 is 5.32 Å². The van der Waals surface area contributed by atoms with Crippen molar-refractivity contribution < 1.29 is 4.79 Å². The van der Waals surface area contributed by atoms with Crippen molar-refractivity contribution in [3.63, 3.8) is 0 Å². The minimum atomic E-state index is 0.0426. The maximum atomic E-state index is 12.5. The van der Waals surface area contributed by atoms with Gasteiger partial charge in [-0.3, -0.25) is 4.79 Å². The van der Waals surface area contributed by atoms with Gasteiger partial charge < -0.3 is 9.72 Å². The third-order valence-corrected chi connectivity index (χ3v) is 4.80. The molecule has 0 aliphatic carbocycles. The molecule has 1 unspecified atom stereocenters. The Morgan fingerprint density at radius 1 is 1.20 bits per heavy atom. The summed E-state index contributed by atoms with van der Waals surface area (Å²) in [7, 11) is 0. The molecule has 0 bridgehead atoms. The number of carbonyl (C=O) groups excluding carboxylic acids is 1. The van der Waals surface area contributed by atoms with Gasteiger partial charge in [-0.2, -0.15) is 0 Å². The number of benzene rings is 1. The number of hydrogen-bond acceptors (Lipinski definition) is 2. The molecule has 0 radical (unpaired) electrons. The van der Waals surface area contributed by atoms with Crippen LogP contribution in [-0.4, -0.2) is 15.3 Å². The lowest BCUT2D eigenvalue weighted by Crippen LogP contribution is -2.15. The molecule has 1 N–H and O–H groups in total. The molecule has 0 spiro atoms. The highest BCUT2D eigenvalue weighted by atomic mass is 16.1. The standard InChI is InChI=1S/C21H25N3O/c1-4-15(2)17-9-5-6-10-18(17)23-21(25)13-12-19-16(3)22-20-11-7-8-14-24(19)20/h5-11,14-15H,4,12-13H2,1-3H3,(H,23,25). The van der Waals surface area contributed by atoms with E-state index >= 15 is 0 Å². The predicted octanol–water partition coefficient (Wildman–Crippen LogP) is 4.73. The second-order valence-electron chi connectivity index (χ2n) is 6.52. The molecule has 1 aromatic carbocycles. The fourth-order valence-corrected chi connectivity index (χ4v) is 3.17. The van der Waals surface area contributed by atoms with Gasteiger partial charge in [-0.25, -0.2) is 4.98 Å². The Labute approximate surface area is 148 Å². The van der Waals surface area contributed by atoms with Gasteiger partial charge in [0.05, 0.1) is 5.69 Å². The van der Waals surface area contributed by atoms with Gasteiger partial charge >= 0.3 is 0 Å². The van der Waals surface area contributed by atoms with E-state index in [0.717, 1.165) is 29.1 Å². The van der Waals surface area contributed by atoms with Crippen LogP contribution in [0.5, 0.6) is 0 Å². The highest BCUT2D eigenvalue weighted by Gasteiger charge is 2.13. The molecule has 3 aromatic rings. The summed E-state index contributed by atoms with van der Waals surface area (Å²) in [4.78, 5) is 17.0. The van der Waals surface area contributed by atoms with E-state index in [2.05, 4.69) is 34.6 Å². The van der Waals surface area contributed by atoms with Gasteiger partial charge in [0, 0.05) is 24.0 Å². The van der Waals surface area contributed by atoms with Crippen LogP contribution in [0.1, 0.15) is 49.6 Å². The Bertz CT molecular complexity index is 882. The predicted molar refractivity (Wildman–Crippen MR) is 102 cm³/mol. The number of hydrogen-bond donors (Lipinski definition) is 1. The molecular weight excluding hydrogens is 310 g/mol. The van der Waals surface area contributed by atoms with Crippen LogP contribution in [-0.2, 0) is 11.2 Å². The number of aryl methyl sites for hydroxylation is 2. The van der Waals surface area contributed by atoms with Crippen LogP contribution in [0.4, 0.5) is 5.69 Å². The van der Waals surface area contributed by atoms with Crippen molar-refractivity contribution in [2.75, 3.05) is 5.32 Å². The Kier molecular flexibility index (Phi) is 5.17. The van der Waals surface area contributed by atoms with Crippen molar-refractivity contribution in [2.24, 2.45) is 0 Å². The second kappa shape index (κ2) is 7.51. The number of para-hydroxylation sites is 1. The average molecular weight is 335 g/mol. The zero-order valence-electron chi connectivity index (χ0n) is 15.1. The topological polar surface area (TPSA) is 46.4 Å². The maximum Gasteiger partial charge on any atom is 0.224 e. The molecule has 4 heteroatoms. The zero-order valence-corrected chi connectivity index (χ0v) is 15.1. The molecule has 1 atom stereocenters. The number of rotatable bonds is 6. The lowest BCUT2D eigenvalue weighted by atomic mass is 9.97. The highest BCUT2D eigenvalue weighted by molar-refractivity contribution is 5.91. The van der Waals surface area contributed by atoms with Crippen LogP contribution in [0, 0.1) is 6.92 Å². The molecule has 1 amide bonds. The number of amides is 1. The van der Waals surface area contributed by atoms with Crippen molar-refractivity contribution in [3.8, 4) is 0 Å². The molecule has 0 saturated heterocycles. The van der Waals surface area contributed by atoms with Crippen LogP contribution in [0.2, 0.25) is 0 Å². The SMILES string of the molecule is CCC(C)c1ccccc1NC(=O)CCc1c(C)nc2ccccn12. The molecule has 0 aliphatic heterocycles. The Morgan fingerprint density at radius 2 is 1.96 bits per heavy atom. The number of nitrogens with zero attached hydrogens (tertiary/aromatic N) is 2. The highest BCUT2D eigenvalue weighted by Crippen LogP contribution is 2.26. The minimum absolute atomic E-state index is 0.0426. The summed E-state index contributed by atoms with van der Waals surface area (Å²) in [6.45, 7) is 6.35. The minimum Gasteiger partial charge on any atom is -0.326 e. The second-order valence-corrected chi connectivity index (χ2v) is 6.52. The van der Waals surface area contributed by atoms with Crippen LogP contribution in [0.15, 0.2) is 48.7 Å². The summed E-state index contributed by atoms with van der Waals surface area (Å²) >= 11 is 0. The van der Waals surface area contributed by atoms with E-state index in [1.165, 1.54) is 5.56 Å². The number of aromatic nitrogens is 2. The number of pyridine rings is 1. The first-order valence-electron chi connectivity index (χ1n) is 8.91. The van der Waals surface area contributed by atoms with Gasteiger partial charge in [0.1, 0.15) is 5.65 Å². The Hall–Kier alpha value is -2.62. The van der Waals surface area contributed by atoms with Crippen molar-refractivity contribution in [1.29, 1.82) is 0 Å². The maximum absolute atomic E-state index is 12.5. The van der Waals surface area contributed by atoms with E-state index in [9.17, 15) is 4.79 Å². The zero-order chi connectivity index (χ0) is 17.8. The van der Waals surface area contributed by atoms with Gasteiger partial charge in [-0.1, -0.05) is 38.1 Å². The molecule has 0 fully saturated rings. The fraction of sp³-hybridized carbons (Fsp3) is 0.333. The van der Waals surface area contributed by atoms with E-state index in [0.29, 0.717) is 18.8 Å². The average Bonchev–Trinajstić information content (AvgIpc) is 2.95. The van der Waals surface area contributed by atoms with E-state index in [1.807, 2.05) is 49.5 Å². The lowest BCUT2D eigenvalue weighted by molar-refractivity contribution is -0.116. The summed E-state index contributed by atoms with van der Waals surface area (Å²) in [6, 6.07) is 14.0. The molecule has 2 aromatic heterocycles. The first-order valence-corrected chi connectivity index (χ1v) is 8.91. The monoisotopic (exact) mass is 335 g/mol. The Balaban J connectivity index is 1.70. The first kappa shape index (κ1) is 17.2. The van der Waals surface area contributed by atoms with E-state index < -0.39 is 0 Å². The third-order valence-electron chi connectivity index (χ3n) is 4.80. The summed E-state index contributed by atoms with van der Waals surface area (Å²) in [6.07, 6.45) is 4.17. The lowest BCUT2D eigenvalue weighted by Gasteiger charge is -2.15. The molecule has 0 aliphatic rings. The van der Waals surface area contributed by atoms with Gasteiger partial charge in [0.25, 0.3) is 0 Å². The summed E-state index contributed by atoms with van der Waals surface area (Å²) in [5.74, 6) is 0.471. The van der Waals surface area contributed by atoms with Gasteiger partial charge in [0.2, 0.25) is 5.91 Å². The first-order chi connectivity index (χ1) is 12.1. The van der Waals surface area contributed by atoms with Crippen molar-refractivity contribution in [2.45, 2.75) is 46.0 Å². The quantitative estimate of drug-likeness (QED) is 0.708. The number of imidazole rings is 1. The van der Waals surface area contributed by atoms with Gasteiger partial charge in [-0.15, -0.1) is 0 Å². The van der Waals surface area contributed by atoms with Crippen LogP contribution in [0.3, 0.4) is 0 Å². The molecule has 130 valence electrons. The summed E-state index contributed by atoms with van der Waals surface area (Å²) < 4.78 is 2.07. The number of anilines is 1. The molecule has 4 nitrogen and oxygen atoms in total. The van der Waals surface area contributed by atoms with Crippen molar-refractivity contribution in [3.05, 3.63) is 65.6 Å². The van der Waals surface area contributed by atoms with Crippen molar-refractivity contribution >= 4 is 17.2 Å². The van der Waals surface area contributed by atoms with E-state index in [-0.39, 0.29) is 5.91 Å². The normalized spacial score (nSPS) is 12.3. The molecule has 0 saturated carbocycles. The summed E-state index contributed by atoms with van der Waals surface area (Å²) in [5.41, 5.74) is 5.14. The smallest absolute Gasteiger partial charge is 0.224 e. The van der Waals surface area contributed by atoms with Crippen LogP contribution >= 0.6 is 0 Å². The number of carbonyl (C=O) groups is 1. The van der Waals surface area contributed by atoms with Gasteiger partial charge in [0.15, 0.2) is 0 Å². The molecule has 3 rings (SSSR count). The van der Waals surface area contributed by atoms with Crippen molar-refractivity contribution in [1.82, 2.24) is 9.38 Å². The van der Waals surface area contributed by atoms with E-state index in [4.69, 9.17) is 0 Å². The third kappa shape index (κ3) is 3.73. The van der Waals surface area contributed by atoms with Gasteiger partial charge in [-0.05, 0) is 49.4 Å². The molecule has 25 heavy (non-hydrogen) atoms. The Morgan fingerprint density at radius 3 is 2.76 bits per heavy atom. The fourth-order valence-electron chi connectivity index (χ4n) is 3.17. The van der Waals surface area contributed by atoms with Crippen LogP contribution in [0.25, 0.3) is 5.65 Å². The molecular formula is C21H25N3O. The number of nitrogens with one attached hydrogen (secondary N) is 1. The largest absolute Gasteiger partial charge is 0.326 e. The molecule has 2 heterocycles. The summed E-state index contributed by atoms with van der Waals surface area (Å²) in [5, 5.41) is 3.09. The van der Waals surface area contributed by atoms with E-state index in [1.54, 1.807) is 0 Å².